The first-order valence-corrected chi connectivity index (χ1v) is 14.9. The number of nitrogens with zero attached hydrogens (tertiary/aromatic N) is 7. The van der Waals surface area contributed by atoms with E-state index in [2.05, 4.69) is 60.7 Å². The van der Waals surface area contributed by atoms with Gasteiger partial charge in [0.15, 0.2) is 0 Å². The molecule has 0 atom stereocenters. The van der Waals surface area contributed by atoms with Crippen molar-refractivity contribution in [1.82, 2.24) is 25.0 Å². The summed E-state index contributed by atoms with van der Waals surface area (Å²) < 4.78 is 11.3. The first kappa shape index (κ1) is 27.3. The van der Waals surface area contributed by atoms with Gasteiger partial charge in [-0.1, -0.05) is 35.4 Å². The van der Waals surface area contributed by atoms with Crippen LogP contribution in [0.4, 0.5) is 23.0 Å². The maximum absolute atomic E-state index is 9.20. The molecule has 11 heteroatoms. The fourth-order valence-electron chi connectivity index (χ4n) is 5.30. The molecule has 8 bridgehead atoms. The zero-order valence-corrected chi connectivity index (χ0v) is 23.8. The van der Waals surface area contributed by atoms with Gasteiger partial charge in [-0.3, -0.25) is 0 Å². The third kappa shape index (κ3) is 6.07. The lowest BCUT2D eigenvalue weighted by Gasteiger charge is -2.30. The van der Waals surface area contributed by atoms with Crippen molar-refractivity contribution in [2.24, 2.45) is 0 Å². The minimum atomic E-state index is 0.112. The number of aryl methyl sites for hydroxylation is 1. The number of hydrogen-bond donors (Lipinski definition) is 2. The van der Waals surface area contributed by atoms with E-state index in [1.54, 1.807) is 10.9 Å². The van der Waals surface area contributed by atoms with Crippen LogP contribution >= 0.6 is 11.9 Å². The predicted molar refractivity (Wildman–Crippen MR) is 164 cm³/mol. The van der Waals surface area contributed by atoms with E-state index in [4.69, 9.17) is 9.72 Å². The molecule has 3 aliphatic rings. The molecule has 2 aromatic heterocycles. The number of nitrogens with one attached hydrogen (secondary N) is 1. The number of benzene rings is 2. The van der Waals surface area contributed by atoms with Gasteiger partial charge < -0.3 is 24.4 Å². The minimum absolute atomic E-state index is 0.112. The first-order chi connectivity index (χ1) is 20.2. The summed E-state index contributed by atoms with van der Waals surface area (Å²) in [6.45, 7) is 7.64. The lowest BCUT2D eigenvalue weighted by atomic mass is 9.99. The van der Waals surface area contributed by atoms with Crippen molar-refractivity contribution in [3.05, 3.63) is 78.6 Å². The van der Waals surface area contributed by atoms with E-state index < -0.39 is 0 Å². The summed E-state index contributed by atoms with van der Waals surface area (Å²) in [5.74, 6) is 1.26. The van der Waals surface area contributed by atoms with E-state index in [0.29, 0.717) is 37.2 Å². The third-order valence-electron chi connectivity index (χ3n) is 7.18. The Morgan fingerprint density at radius 3 is 2.88 bits per heavy atom. The zero-order valence-electron chi connectivity index (χ0n) is 22.9. The van der Waals surface area contributed by atoms with Crippen LogP contribution in [-0.2, 0) is 17.8 Å². The van der Waals surface area contributed by atoms with Crippen LogP contribution in [0.2, 0.25) is 0 Å². The summed E-state index contributed by atoms with van der Waals surface area (Å²) in [5.41, 5.74) is 7.85. The SMILES string of the molecule is C=CCN1CCCOCc2ccc3c(c2)CCCN3c2nccc(n2)-c2cn(nn2)-c2ccc(NSCCO)cc21. The Balaban J connectivity index is 1.41. The maximum atomic E-state index is 9.20. The second-order valence-electron chi connectivity index (χ2n) is 10.0. The summed E-state index contributed by atoms with van der Waals surface area (Å²) in [6, 6.07) is 14.6. The van der Waals surface area contributed by atoms with Crippen LogP contribution in [0.1, 0.15) is 24.0 Å². The maximum Gasteiger partial charge on any atom is 0.230 e. The van der Waals surface area contributed by atoms with Gasteiger partial charge in [0.2, 0.25) is 5.95 Å². The standard InChI is InChI=1S/C30H34N8O2S/c1-2-12-36-13-4-16-40-21-22-6-8-27-23(18-22)5-3-14-37(27)30-31-11-10-25(32-30)26-20-38(35-33-26)28-9-7-24(19-29(28)36)34-41-17-15-39/h2,6-11,18-20,34,39H,1,3-5,12-17,21H2. The van der Waals surface area contributed by atoms with E-state index in [1.165, 1.54) is 23.1 Å². The molecule has 0 unspecified atom stereocenters. The van der Waals surface area contributed by atoms with Gasteiger partial charge in [-0.25, -0.2) is 14.6 Å². The fraction of sp³-hybridized carbons (Fsp3) is 0.333. The van der Waals surface area contributed by atoms with Crippen LogP contribution in [0.25, 0.3) is 17.1 Å². The zero-order chi connectivity index (χ0) is 28.0. The van der Waals surface area contributed by atoms with Crippen LogP contribution in [0.15, 0.2) is 67.5 Å². The van der Waals surface area contributed by atoms with Crippen molar-refractivity contribution >= 4 is 35.0 Å². The number of aliphatic hydroxyl groups excluding tert-OH is 1. The van der Waals surface area contributed by atoms with Gasteiger partial charge in [0.05, 0.1) is 36.5 Å². The Kier molecular flexibility index (Phi) is 8.45. The molecular weight excluding hydrogens is 536 g/mol. The number of aromatic nitrogens is 5. The second-order valence-corrected chi connectivity index (χ2v) is 10.9. The predicted octanol–water partition coefficient (Wildman–Crippen LogP) is 4.77. The number of fused-ring (bicyclic) bond motifs is 6. The molecule has 0 saturated heterocycles. The average molecular weight is 571 g/mol. The van der Waals surface area contributed by atoms with Crippen molar-refractivity contribution in [1.29, 1.82) is 0 Å². The lowest BCUT2D eigenvalue weighted by Crippen LogP contribution is -2.27. The highest BCUT2D eigenvalue weighted by molar-refractivity contribution is 8.00. The van der Waals surface area contributed by atoms with Gasteiger partial charge in [0.25, 0.3) is 0 Å². The van der Waals surface area contributed by atoms with Gasteiger partial charge in [-0.15, -0.1) is 11.7 Å². The number of aliphatic hydroxyl groups is 1. The molecule has 0 fully saturated rings. The van der Waals surface area contributed by atoms with Crippen molar-refractivity contribution in [3.8, 4) is 17.1 Å². The number of anilines is 4. The quantitative estimate of drug-likeness (QED) is 0.191. The first-order valence-electron chi connectivity index (χ1n) is 14.0. The Morgan fingerprint density at radius 2 is 1.98 bits per heavy atom. The van der Waals surface area contributed by atoms with Crippen molar-refractivity contribution in [2.75, 3.05) is 53.1 Å². The molecule has 0 spiro atoms. The van der Waals surface area contributed by atoms with Crippen LogP contribution < -0.4 is 14.5 Å². The molecule has 0 amide bonds. The second kappa shape index (κ2) is 12.7. The molecule has 5 heterocycles. The van der Waals surface area contributed by atoms with Gasteiger partial charge in [0.1, 0.15) is 5.69 Å². The summed E-state index contributed by atoms with van der Waals surface area (Å²) in [5, 5.41) is 18.2. The molecule has 10 nitrogen and oxygen atoms in total. The average Bonchev–Trinajstić information content (AvgIpc) is 3.50. The van der Waals surface area contributed by atoms with Crippen LogP contribution in [-0.4, -0.2) is 68.7 Å². The molecule has 212 valence electrons. The molecule has 0 aliphatic carbocycles. The van der Waals surface area contributed by atoms with Crippen LogP contribution in [0.3, 0.4) is 0 Å². The topological polar surface area (TPSA) is 104 Å². The molecule has 0 radical (unpaired) electrons. The van der Waals surface area contributed by atoms with E-state index in [-0.39, 0.29) is 6.61 Å². The summed E-state index contributed by atoms with van der Waals surface area (Å²) in [6.07, 6.45) is 8.53. The Morgan fingerprint density at radius 1 is 1.05 bits per heavy atom. The summed E-state index contributed by atoms with van der Waals surface area (Å²) in [4.78, 5) is 14.0. The van der Waals surface area contributed by atoms with Crippen LogP contribution in [0.5, 0.6) is 0 Å². The number of ether oxygens (including phenoxy) is 1. The molecular formula is C30H34N8O2S. The highest BCUT2D eigenvalue weighted by Gasteiger charge is 2.22. The molecule has 4 aromatic rings. The van der Waals surface area contributed by atoms with Crippen molar-refractivity contribution < 1.29 is 9.84 Å². The van der Waals surface area contributed by atoms with Gasteiger partial charge in [0, 0.05) is 49.6 Å². The minimum Gasteiger partial charge on any atom is -0.395 e. The molecule has 2 aromatic carbocycles. The fourth-order valence-corrected chi connectivity index (χ4v) is 5.78. The highest BCUT2D eigenvalue weighted by atomic mass is 32.2. The number of rotatable bonds is 6. The van der Waals surface area contributed by atoms with E-state index in [9.17, 15) is 5.11 Å². The van der Waals surface area contributed by atoms with Gasteiger partial charge >= 0.3 is 0 Å². The van der Waals surface area contributed by atoms with Gasteiger partial charge in [-0.05, 0) is 60.7 Å². The summed E-state index contributed by atoms with van der Waals surface area (Å²) in [7, 11) is 0. The Hall–Kier alpha value is -3.93. The molecule has 0 saturated carbocycles. The van der Waals surface area contributed by atoms with Gasteiger partial charge in [-0.2, -0.15) is 0 Å². The Bertz CT molecular complexity index is 1510. The lowest BCUT2D eigenvalue weighted by molar-refractivity contribution is 0.119. The van der Waals surface area contributed by atoms with E-state index in [1.807, 2.05) is 30.5 Å². The Labute approximate surface area is 244 Å². The monoisotopic (exact) mass is 570 g/mol. The largest absolute Gasteiger partial charge is 0.395 e. The van der Waals surface area contributed by atoms with Crippen LogP contribution in [0, 0.1) is 0 Å². The summed E-state index contributed by atoms with van der Waals surface area (Å²) >= 11 is 1.47. The van der Waals surface area contributed by atoms with E-state index in [0.717, 1.165) is 60.8 Å². The molecule has 2 N–H and O–H groups in total. The number of hydrogen-bond acceptors (Lipinski definition) is 10. The highest BCUT2D eigenvalue weighted by Crippen LogP contribution is 2.34. The normalized spacial score (nSPS) is 15.0. The smallest absolute Gasteiger partial charge is 0.230 e. The molecule has 41 heavy (non-hydrogen) atoms. The third-order valence-corrected chi connectivity index (χ3v) is 7.95. The van der Waals surface area contributed by atoms with E-state index >= 15 is 0 Å². The molecule has 7 rings (SSSR count). The molecule has 3 aliphatic heterocycles. The van der Waals surface area contributed by atoms with Crippen molar-refractivity contribution in [3.63, 3.8) is 0 Å². The van der Waals surface area contributed by atoms with Crippen molar-refractivity contribution in [2.45, 2.75) is 25.9 Å².